The first-order chi connectivity index (χ1) is 6.74. The Morgan fingerprint density at radius 3 is 2.64 bits per heavy atom. The van der Waals surface area contributed by atoms with Crippen LogP contribution in [0, 0.1) is 3.57 Å². The Morgan fingerprint density at radius 2 is 2.07 bits per heavy atom. The average Bonchev–Trinajstić information content (AvgIpc) is 2.56. The number of ether oxygens (including phenoxy) is 1. The molecule has 1 heterocycles. The molecule has 2 nitrogen and oxygen atoms in total. The zero-order valence-corrected chi connectivity index (χ0v) is 10.4. The maximum absolute atomic E-state index is 5.86. The molecule has 14 heavy (non-hydrogen) atoms. The van der Waals surface area contributed by atoms with Crippen LogP contribution in [-0.4, -0.2) is 31.1 Å². The van der Waals surface area contributed by atoms with Gasteiger partial charge in [0.15, 0.2) is 0 Å². The maximum Gasteiger partial charge on any atom is 0.119 e. The van der Waals surface area contributed by atoms with Crippen molar-refractivity contribution in [2.24, 2.45) is 0 Å². The van der Waals surface area contributed by atoms with E-state index in [-0.39, 0.29) is 0 Å². The fourth-order valence-electron chi connectivity index (χ4n) is 1.70. The zero-order valence-electron chi connectivity index (χ0n) is 8.24. The second-order valence-electron chi connectivity index (χ2n) is 3.74. The normalized spacial score (nSPS) is 22.6. The second kappa shape index (κ2) is 4.49. The molecule has 1 aliphatic rings. The predicted octanol–water partition coefficient (Wildman–Crippen LogP) is 2.37. The molecular weight excluding hydrogens is 289 g/mol. The van der Waals surface area contributed by atoms with Crippen molar-refractivity contribution in [3.8, 4) is 5.75 Å². The summed E-state index contributed by atoms with van der Waals surface area (Å²) in [5.41, 5.74) is 0. The number of halogens is 1. The smallest absolute Gasteiger partial charge is 0.119 e. The number of hydrogen-bond donors (Lipinski definition) is 0. The molecule has 0 bridgehead atoms. The lowest BCUT2D eigenvalue weighted by Gasteiger charge is -2.13. The summed E-state index contributed by atoms with van der Waals surface area (Å²) in [5, 5.41) is 0. The molecule has 1 aliphatic heterocycles. The van der Waals surface area contributed by atoms with Gasteiger partial charge in [-0.1, -0.05) is 0 Å². The number of likely N-dealkylation sites (tertiary alicyclic amines) is 1. The standard InChI is InChI=1S/C11H14INO/c1-13-7-6-11(8-13)14-10-4-2-9(12)3-5-10/h2-5,11H,6-8H2,1H3. The van der Waals surface area contributed by atoms with Crippen LogP contribution in [0.15, 0.2) is 24.3 Å². The zero-order chi connectivity index (χ0) is 9.97. The highest BCUT2D eigenvalue weighted by molar-refractivity contribution is 14.1. The summed E-state index contributed by atoms with van der Waals surface area (Å²) in [6, 6.07) is 8.24. The summed E-state index contributed by atoms with van der Waals surface area (Å²) >= 11 is 2.30. The van der Waals surface area contributed by atoms with Crippen LogP contribution in [-0.2, 0) is 0 Å². The van der Waals surface area contributed by atoms with E-state index in [0.29, 0.717) is 6.10 Å². The van der Waals surface area contributed by atoms with Gasteiger partial charge in [-0.15, -0.1) is 0 Å². The molecule has 0 aliphatic carbocycles. The van der Waals surface area contributed by atoms with Crippen molar-refractivity contribution in [2.45, 2.75) is 12.5 Å². The molecular formula is C11H14INO. The first kappa shape index (κ1) is 10.2. The van der Waals surface area contributed by atoms with E-state index in [1.165, 1.54) is 3.57 Å². The number of likely N-dealkylation sites (N-methyl/N-ethyl adjacent to an activating group) is 1. The second-order valence-corrected chi connectivity index (χ2v) is 4.99. The molecule has 0 amide bonds. The van der Waals surface area contributed by atoms with Crippen LogP contribution in [0.4, 0.5) is 0 Å². The van der Waals surface area contributed by atoms with Gasteiger partial charge in [-0.2, -0.15) is 0 Å². The molecule has 1 fully saturated rings. The van der Waals surface area contributed by atoms with Crippen molar-refractivity contribution in [2.75, 3.05) is 20.1 Å². The molecule has 2 rings (SSSR count). The van der Waals surface area contributed by atoms with Crippen LogP contribution in [0.25, 0.3) is 0 Å². The minimum Gasteiger partial charge on any atom is -0.489 e. The minimum atomic E-state index is 0.375. The number of rotatable bonds is 2. The van der Waals surface area contributed by atoms with Gasteiger partial charge in [0.05, 0.1) is 0 Å². The van der Waals surface area contributed by atoms with Crippen molar-refractivity contribution in [3.63, 3.8) is 0 Å². The molecule has 0 N–H and O–H groups in total. The van der Waals surface area contributed by atoms with E-state index < -0.39 is 0 Å². The Balaban J connectivity index is 1.94. The Hall–Kier alpha value is -0.290. The Morgan fingerprint density at radius 1 is 1.36 bits per heavy atom. The third-order valence-electron chi connectivity index (χ3n) is 2.46. The van der Waals surface area contributed by atoms with E-state index >= 15 is 0 Å². The van der Waals surface area contributed by atoms with E-state index in [2.05, 4.69) is 46.7 Å². The van der Waals surface area contributed by atoms with Crippen molar-refractivity contribution in [3.05, 3.63) is 27.8 Å². The van der Waals surface area contributed by atoms with Crippen LogP contribution in [0.1, 0.15) is 6.42 Å². The summed E-state index contributed by atoms with van der Waals surface area (Å²) in [5.74, 6) is 0.991. The van der Waals surface area contributed by atoms with Crippen LogP contribution in [0.5, 0.6) is 5.75 Å². The summed E-state index contributed by atoms with van der Waals surface area (Å²) < 4.78 is 7.10. The first-order valence-electron chi connectivity index (χ1n) is 4.85. The van der Waals surface area contributed by atoms with Crippen molar-refractivity contribution in [1.29, 1.82) is 0 Å². The van der Waals surface area contributed by atoms with Crippen molar-refractivity contribution < 1.29 is 4.74 Å². The number of nitrogens with zero attached hydrogens (tertiary/aromatic N) is 1. The molecule has 3 heteroatoms. The molecule has 1 aromatic rings. The highest BCUT2D eigenvalue weighted by Crippen LogP contribution is 2.18. The van der Waals surface area contributed by atoms with Gasteiger partial charge < -0.3 is 9.64 Å². The fourth-order valence-corrected chi connectivity index (χ4v) is 2.06. The Bertz CT molecular complexity index is 299. The summed E-state index contributed by atoms with van der Waals surface area (Å²) in [4.78, 5) is 2.30. The van der Waals surface area contributed by atoms with Gasteiger partial charge in [0.25, 0.3) is 0 Å². The lowest BCUT2D eigenvalue weighted by molar-refractivity contribution is 0.208. The monoisotopic (exact) mass is 303 g/mol. The minimum absolute atomic E-state index is 0.375. The Kier molecular flexibility index (Phi) is 3.28. The van der Waals surface area contributed by atoms with Crippen LogP contribution in [0.3, 0.4) is 0 Å². The molecule has 0 saturated carbocycles. The van der Waals surface area contributed by atoms with E-state index in [9.17, 15) is 0 Å². The van der Waals surface area contributed by atoms with Gasteiger partial charge in [0.2, 0.25) is 0 Å². The quantitative estimate of drug-likeness (QED) is 0.778. The van der Waals surface area contributed by atoms with Gasteiger partial charge in [-0.25, -0.2) is 0 Å². The summed E-state index contributed by atoms with van der Waals surface area (Å²) in [6.45, 7) is 2.20. The third kappa shape index (κ3) is 2.60. The SMILES string of the molecule is CN1CCC(Oc2ccc(I)cc2)C1. The third-order valence-corrected chi connectivity index (χ3v) is 3.18. The molecule has 1 atom stereocenters. The van der Waals surface area contributed by atoms with E-state index in [1.807, 2.05) is 12.1 Å². The molecule has 1 unspecified atom stereocenters. The first-order valence-corrected chi connectivity index (χ1v) is 5.93. The highest BCUT2D eigenvalue weighted by atomic mass is 127. The van der Waals surface area contributed by atoms with E-state index in [0.717, 1.165) is 25.3 Å². The van der Waals surface area contributed by atoms with E-state index in [4.69, 9.17) is 4.74 Å². The van der Waals surface area contributed by atoms with Gasteiger partial charge in [0, 0.05) is 16.7 Å². The van der Waals surface area contributed by atoms with Gasteiger partial charge in [-0.05, 0) is 60.3 Å². The van der Waals surface area contributed by atoms with Crippen molar-refractivity contribution >= 4 is 22.6 Å². The topological polar surface area (TPSA) is 12.5 Å². The fraction of sp³-hybridized carbons (Fsp3) is 0.455. The molecule has 0 radical (unpaired) electrons. The van der Waals surface area contributed by atoms with Crippen LogP contribution >= 0.6 is 22.6 Å². The molecule has 0 aromatic heterocycles. The molecule has 1 saturated heterocycles. The van der Waals surface area contributed by atoms with E-state index in [1.54, 1.807) is 0 Å². The largest absolute Gasteiger partial charge is 0.489 e. The molecule has 1 aromatic carbocycles. The lowest BCUT2D eigenvalue weighted by Crippen LogP contribution is -2.21. The Labute approximate surface area is 98.4 Å². The summed E-state index contributed by atoms with van der Waals surface area (Å²) in [7, 11) is 2.14. The molecule has 76 valence electrons. The van der Waals surface area contributed by atoms with Gasteiger partial charge in [-0.3, -0.25) is 0 Å². The maximum atomic E-state index is 5.86. The molecule has 0 spiro atoms. The number of benzene rings is 1. The van der Waals surface area contributed by atoms with Crippen molar-refractivity contribution in [1.82, 2.24) is 4.90 Å². The van der Waals surface area contributed by atoms with Gasteiger partial charge >= 0.3 is 0 Å². The lowest BCUT2D eigenvalue weighted by atomic mass is 10.3. The van der Waals surface area contributed by atoms with Crippen LogP contribution < -0.4 is 4.74 Å². The van der Waals surface area contributed by atoms with Gasteiger partial charge in [0.1, 0.15) is 11.9 Å². The highest BCUT2D eigenvalue weighted by Gasteiger charge is 2.20. The predicted molar refractivity (Wildman–Crippen MR) is 65.7 cm³/mol. The summed E-state index contributed by atoms with van der Waals surface area (Å²) in [6.07, 6.45) is 1.52. The average molecular weight is 303 g/mol. The van der Waals surface area contributed by atoms with Crippen LogP contribution in [0.2, 0.25) is 0 Å². The number of hydrogen-bond acceptors (Lipinski definition) is 2.